The van der Waals surface area contributed by atoms with E-state index in [9.17, 15) is 24.0 Å². The molecule has 0 aliphatic carbocycles. The molecule has 1 aliphatic heterocycles. The zero-order valence-corrected chi connectivity index (χ0v) is 22.1. The van der Waals surface area contributed by atoms with Crippen molar-refractivity contribution in [3.63, 3.8) is 0 Å². The number of Topliss-reactive ketones (excluding diaryl/α,β-unsaturated/α-hetero) is 1. The van der Waals surface area contributed by atoms with E-state index in [1.165, 1.54) is 17.1 Å². The van der Waals surface area contributed by atoms with Crippen molar-refractivity contribution in [3.05, 3.63) is 89.7 Å². The van der Waals surface area contributed by atoms with E-state index < -0.39 is 41.5 Å². The van der Waals surface area contributed by atoms with E-state index in [4.69, 9.17) is 0 Å². The summed E-state index contributed by atoms with van der Waals surface area (Å²) in [5.41, 5.74) is 1.86. The Morgan fingerprint density at radius 3 is 2.25 bits per heavy atom. The molecule has 0 radical (unpaired) electrons. The Labute approximate surface area is 231 Å². The second-order valence-corrected chi connectivity index (χ2v) is 9.72. The highest BCUT2D eigenvalue weighted by atomic mass is 16.2. The molecule has 1 saturated heterocycles. The smallest absolute Gasteiger partial charge is 0.289 e. The third kappa shape index (κ3) is 7.62. The minimum Gasteiger partial charge on any atom is -0.356 e. The maximum absolute atomic E-state index is 13.6. The van der Waals surface area contributed by atoms with Crippen molar-refractivity contribution in [1.29, 1.82) is 0 Å². The molecule has 1 fully saturated rings. The van der Waals surface area contributed by atoms with E-state index in [0.717, 1.165) is 11.1 Å². The third-order valence-corrected chi connectivity index (χ3v) is 6.71. The minimum atomic E-state index is -1.26. The lowest BCUT2D eigenvalue weighted by molar-refractivity contribution is -0.141. The van der Waals surface area contributed by atoms with E-state index >= 15 is 0 Å². The summed E-state index contributed by atoms with van der Waals surface area (Å²) < 4.78 is 1.47. The molecular formula is C29H32N6O5. The molecule has 0 saturated carbocycles. The molecule has 3 aromatic rings. The molecule has 0 bridgehead atoms. The van der Waals surface area contributed by atoms with Gasteiger partial charge in [-0.2, -0.15) is 5.10 Å². The highest BCUT2D eigenvalue weighted by Gasteiger charge is 2.35. The van der Waals surface area contributed by atoms with Crippen LogP contribution in [0.3, 0.4) is 0 Å². The lowest BCUT2D eigenvalue weighted by Gasteiger charge is -2.24. The maximum Gasteiger partial charge on any atom is 0.289 e. The van der Waals surface area contributed by atoms with Crippen molar-refractivity contribution in [2.45, 2.75) is 37.9 Å². The topological polar surface area (TPSA) is 151 Å². The van der Waals surface area contributed by atoms with Gasteiger partial charge in [-0.1, -0.05) is 60.7 Å². The predicted molar refractivity (Wildman–Crippen MR) is 146 cm³/mol. The Morgan fingerprint density at radius 2 is 1.65 bits per heavy atom. The molecule has 1 aromatic heterocycles. The fourth-order valence-corrected chi connectivity index (χ4v) is 4.52. The highest BCUT2D eigenvalue weighted by Crippen LogP contribution is 2.17. The van der Waals surface area contributed by atoms with Crippen molar-refractivity contribution in [1.82, 2.24) is 31.0 Å². The monoisotopic (exact) mass is 544 g/mol. The molecule has 11 nitrogen and oxygen atoms in total. The van der Waals surface area contributed by atoms with E-state index in [1.807, 2.05) is 60.7 Å². The first-order valence-electron chi connectivity index (χ1n) is 13.1. The Hall–Kier alpha value is -4.80. The van der Waals surface area contributed by atoms with Gasteiger partial charge in [0.2, 0.25) is 17.6 Å². The summed E-state index contributed by atoms with van der Waals surface area (Å²) >= 11 is 0. The van der Waals surface area contributed by atoms with Gasteiger partial charge in [-0.25, -0.2) is 0 Å². The van der Waals surface area contributed by atoms with Gasteiger partial charge in [0, 0.05) is 38.7 Å². The van der Waals surface area contributed by atoms with Crippen molar-refractivity contribution in [3.8, 4) is 0 Å². The predicted octanol–water partition coefficient (Wildman–Crippen LogP) is 0.658. The highest BCUT2D eigenvalue weighted by molar-refractivity contribution is 6.38. The molecule has 11 heteroatoms. The van der Waals surface area contributed by atoms with E-state index in [1.54, 1.807) is 7.05 Å². The number of carbonyl (C=O) groups excluding carboxylic acids is 5. The van der Waals surface area contributed by atoms with Crippen molar-refractivity contribution >= 4 is 29.4 Å². The van der Waals surface area contributed by atoms with Crippen LogP contribution in [-0.4, -0.2) is 57.8 Å². The fourth-order valence-electron chi connectivity index (χ4n) is 4.52. The van der Waals surface area contributed by atoms with Crippen molar-refractivity contribution in [2.24, 2.45) is 13.0 Å². The zero-order chi connectivity index (χ0) is 28.5. The first-order chi connectivity index (χ1) is 19.3. The maximum atomic E-state index is 13.6. The number of ketones is 1. The fraction of sp³-hybridized carbons (Fsp3) is 0.310. The standard InChI is InChI=1S/C29H32N6O5/c1-35-18-22(17-32-35)27(38)34-24(14-19-8-4-2-5-9-19)28(39)33-23(15-21-12-13-30-26(21)37)25(36)29(40)31-16-20-10-6-3-7-11-20/h2-11,17-18,21,23-24H,12-16H2,1H3,(H,30,37)(H,31,40)(H,33,39)(H,34,38)/t21-,23-,24-/m0/s1. The van der Waals surface area contributed by atoms with E-state index in [2.05, 4.69) is 26.4 Å². The minimum absolute atomic E-state index is 0.0379. The van der Waals surface area contributed by atoms with Gasteiger partial charge in [-0.15, -0.1) is 0 Å². The lowest BCUT2D eigenvalue weighted by Crippen LogP contribution is -2.55. The number of rotatable bonds is 12. The first kappa shape index (κ1) is 28.2. The second kappa shape index (κ2) is 13.3. The summed E-state index contributed by atoms with van der Waals surface area (Å²) in [6, 6.07) is 15.9. The third-order valence-electron chi connectivity index (χ3n) is 6.71. The SMILES string of the molecule is Cn1cc(C(=O)N[C@@H](Cc2ccccc2)C(=O)N[C@@H](C[C@@H]2CCNC2=O)C(=O)C(=O)NCc2ccccc2)cn1. The van der Waals surface area contributed by atoms with Gasteiger partial charge in [0.15, 0.2) is 0 Å². The molecule has 3 atom stereocenters. The molecule has 1 aliphatic rings. The average Bonchev–Trinajstić information content (AvgIpc) is 3.59. The van der Waals surface area contributed by atoms with Crippen LogP contribution in [0.5, 0.6) is 0 Å². The van der Waals surface area contributed by atoms with Crippen LogP contribution >= 0.6 is 0 Å². The number of hydrogen-bond donors (Lipinski definition) is 4. The van der Waals surface area contributed by atoms with Gasteiger partial charge in [-0.3, -0.25) is 28.7 Å². The molecule has 208 valence electrons. The summed E-state index contributed by atoms with van der Waals surface area (Å²) in [4.78, 5) is 64.8. The largest absolute Gasteiger partial charge is 0.356 e. The number of aromatic nitrogens is 2. The second-order valence-electron chi connectivity index (χ2n) is 9.72. The number of carbonyl (C=O) groups is 5. The Bertz CT molecular complexity index is 1360. The van der Waals surface area contributed by atoms with Crippen LogP contribution in [0.2, 0.25) is 0 Å². The van der Waals surface area contributed by atoms with Crippen molar-refractivity contribution < 1.29 is 24.0 Å². The van der Waals surface area contributed by atoms with Crippen LogP contribution < -0.4 is 21.3 Å². The van der Waals surface area contributed by atoms with Gasteiger partial charge in [-0.05, 0) is 24.0 Å². The number of nitrogens with one attached hydrogen (secondary N) is 4. The molecule has 0 spiro atoms. The van der Waals surface area contributed by atoms with Gasteiger partial charge in [0.1, 0.15) is 6.04 Å². The number of amides is 4. The van der Waals surface area contributed by atoms with Gasteiger partial charge < -0.3 is 21.3 Å². The summed E-state index contributed by atoms with van der Waals surface area (Å²) in [6.45, 7) is 0.587. The Morgan fingerprint density at radius 1 is 0.975 bits per heavy atom. The van der Waals surface area contributed by atoms with Crippen LogP contribution in [0.25, 0.3) is 0 Å². The lowest BCUT2D eigenvalue weighted by atomic mass is 9.94. The molecule has 4 rings (SSSR count). The molecule has 2 heterocycles. The van der Waals surface area contributed by atoms with Gasteiger partial charge in [0.25, 0.3) is 11.8 Å². The van der Waals surface area contributed by atoms with Gasteiger partial charge in [0.05, 0.1) is 17.8 Å². The molecule has 2 aromatic carbocycles. The van der Waals surface area contributed by atoms with Crippen LogP contribution in [0.1, 0.15) is 34.3 Å². The molecular weight excluding hydrogens is 512 g/mol. The summed E-state index contributed by atoms with van der Waals surface area (Å²) in [6.07, 6.45) is 3.49. The molecule has 40 heavy (non-hydrogen) atoms. The van der Waals surface area contributed by atoms with Crippen LogP contribution in [-0.2, 0) is 39.2 Å². The zero-order valence-electron chi connectivity index (χ0n) is 22.1. The Balaban J connectivity index is 1.51. The molecule has 0 unspecified atom stereocenters. The Kier molecular flexibility index (Phi) is 9.39. The summed E-state index contributed by atoms with van der Waals surface area (Å²) in [5, 5.41) is 14.7. The van der Waals surface area contributed by atoms with Gasteiger partial charge >= 0.3 is 0 Å². The molecule has 4 amide bonds. The van der Waals surface area contributed by atoms with Crippen LogP contribution in [0.4, 0.5) is 0 Å². The van der Waals surface area contributed by atoms with Crippen LogP contribution in [0, 0.1) is 5.92 Å². The van der Waals surface area contributed by atoms with E-state index in [0.29, 0.717) is 13.0 Å². The normalized spacial score (nSPS) is 15.9. The summed E-state index contributed by atoms with van der Waals surface area (Å²) in [7, 11) is 1.67. The number of nitrogens with zero attached hydrogens (tertiary/aromatic N) is 2. The van der Waals surface area contributed by atoms with E-state index in [-0.39, 0.29) is 30.9 Å². The molecule has 4 N–H and O–H groups in total. The summed E-state index contributed by atoms with van der Waals surface area (Å²) in [5.74, 6) is -3.65. The first-order valence-corrected chi connectivity index (χ1v) is 13.1. The number of aryl methyl sites for hydroxylation is 1. The number of benzene rings is 2. The van der Waals surface area contributed by atoms with Crippen molar-refractivity contribution in [2.75, 3.05) is 6.54 Å². The number of hydrogen-bond acceptors (Lipinski definition) is 6. The quantitative estimate of drug-likeness (QED) is 0.246. The average molecular weight is 545 g/mol. The van der Waals surface area contributed by atoms with Crippen LogP contribution in [0.15, 0.2) is 73.1 Å².